The van der Waals surface area contributed by atoms with E-state index in [-0.39, 0.29) is 10.6 Å². The predicted molar refractivity (Wildman–Crippen MR) is 69.5 cm³/mol. The lowest BCUT2D eigenvalue weighted by molar-refractivity contribution is -0.120. The fourth-order valence-electron chi connectivity index (χ4n) is 1.51. The summed E-state index contributed by atoms with van der Waals surface area (Å²) in [7, 11) is -3.89. The molecule has 100 valence electrons. The zero-order valence-corrected chi connectivity index (χ0v) is 12.7. The lowest BCUT2D eigenvalue weighted by atomic mass is 10.4. The second-order valence-corrected chi connectivity index (χ2v) is 8.72. The highest BCUT2D eigenvalue weighted by Gasteiger charge is 2.57. The zero-order chi connectivity index (χ0) is 13.7. The number of nitrogens with one attached hydrogen (secondary N) is 1. The monoisotopic (exact) mass is 328 g/mol. The Bertz CT molecular complexity index is 609. The number of amides is 1. The highest BCUT2D eigenvalue weighted by atomic mass is 35.5. The van der Waals surface area contributed by atoms with Crippen molar-refractivity contribution in [2.75, 3.05) is 0 Å². The Kier molecular flexibility index (Phi) is 3.38. The van der Waals surface area contributed by atoms with Gasteiger partial charge in [0.25, 0.3) is 10.0 Å². The molecule has 1 atom stereocenters. The summed E-state index contributed by atoms with van der Waals surface area (Å²) in [5.74, 6) is -1.35. The summed E-state index contributed by atoms with van der Waals surface area (Å²) in [6.07, 6.45) is 0.262. The van der Waals surface area contributed by atoms with Crippen LogP contribution in [0.4, 0.5) is 0 Å². The van der Waals surface area contributed by atoms with Crippen LogP contribution < -0.4 is 4.72 Å². The minimum Gasteiger partial charge on any atom is -0.274 e. The van der Waals surface area contributed by atoms with E-state index < -0.39 is 26.2 Å². The van der Waals surface area contributed by atoms with E-state index in [4.69, 9.17) is 23.2 Å². The van der Waals surface area contributed by atoms with Gasteiger partial charge in [-0.2, -0.15) is 0 Å². The van der Waals surface area contributed by atoms with Crippen LogP contribution in [0.2, 0.25) is 0 Å². The van der Waals surface area contributed by atoms with Crippen molar-refractivity contribution in [3.63, 3.8) is 0 Å². The molecule has 5 nitrogen and oxygen atoms in total. The normalized spacial score (nSPS) is 21.7. The molecule has 0 bridgehead atoms. The minimum absolute atomic E-state index is 0.0451. The largest absolute Gasteiger partial charge is 0.275 e. The summed E-state index contributed by atoms with van der Waals surface area (Å²) < 4.78 is 24.8. The second kappa shape index (κ2) is 4.33. The van der Waals surface area contributed by atoms with E-state index in [9.17, 15) is 13.2 Å². The number of carbonyl (C=O) groups is 1. The molecule has 1 heterocycles. The van der Waals surface area contributed by atoms with Crippen LogP contribution in [0.15, 0.2) is 4.21 Å². The maximum Gasteiger partial charge on any atom is 0.275 e. The maximum atomic E-state index is 12.0. The van der Waals surface area contributed by atoms with Crippen molar-refractivity contribution in [1.29, 1.82) is 0 Å². The molecule has 1 aliphatic rings. The molecular formula is C9H10Cl2N2O3S2. The van der Waals surface area contributed by atoms with Gasteiger partial charge >= 0.3 is 0 Å². The van der Waals surface area contributed by atoms with Crippen LogP contribution in [0.25, 0.3) is 0 Å². The van der Waals surface area contributed by atoms with Crippen molar-refractivity contribution < 1.29 is 13.2 Å². The number of aromatic nitrogens is 1. The number of halogens is 2. The van der Waals surface area contributed by atoms with E-state index in [1.54, 1.807) is 13.8 Å². The van der Waals surface area contributed by atoms with Crippen molar-refractivity contribution >= 4 is 50.5 Å². The summed E-state index contributed by atoms with van der Waals surface area (Å²) >= 11 is 12.4. The molecule has 1 saturated carbocycles. The standard InChI is InChI=1S/C9H10Cl2N2O3S2/c1-4-8(17-5(2)12-4)18(15,16)13-7(14)6-3-9(6,10)11/h6H,3H2,1-2H3,(H,13,14)/t6-/m1/s1. The Morgan fingerprint density at radius 1 is 1.50 bits per heavy atom. The minimum atomic E-state index is -3.89. The second-order valence-electron chi connectivity index (χ2n) is 4.09. The summed E-state index contributed by atoms with van der Waals surface area (Å²) in [5.41, 5.74) is 0.372. The zero-order valence-electron chi connectivity index (χ0n) is 9.53. The van der Waals surface area contributed by atoms with Crippen molar-refractivity contribution in [1.82, 2.24) is 9.71 Å². The maximum absolute atomic E-state index is 12.0. The molecule has 18 heavy (non-hydrogen) atoms. The van der Waals surface area contributed by atoms with Gasteiger partial charge in [0.2, 0.25) is 5.91 Å². The van der Waals surface area contributed by atoms with Crippen LogP contribution in [0.5, 0.6) is 0 Å². The number of hydrogen-bond donors (Lipinski definition) is 1. The van der Waals surface area contributed by atoms with E-state index >= 15 is 0 Å². The van der Waals surface area contributed by atoms with Crippen LogP contribution in [0.3, 0.4) is 0 Å². The lowest BCUT2D eigenvalue weighted by Crippen LogP contribution is -2.32. The lowest BCUT2D eigenvalue weighted by Gasteiger charge is -2.05. The number of hydrogen-bond acceptors (Lipinski definition) is 5. The molecule has 0 radical (unpaired) electrons. The van der Waals surface area contributed by atoms with Gasteiger partial charge in [-0.1, -0.05) is 0 Å². The Balaban J connectivity index is 2.18. The number of aryl methyl sites for hydroxylation is 2. The van der Waals surface area contributed by atoms with Gasteiger partial charge in [0.15, 0.2) is 4.21 Å². The van der Waals surface area contributed by atoms with Gasteiger partial charge in [0.05, 0.1) is 16.6 Å². The first-order valence-electron chi connectivity index (χ1n) is 5.02. The molecule has 1 amide bonds. The van der Waals surface area contributed by atoms with Gasteiger partial charge in [-0.15, -0.1) is 34.5 Å². The van der Waals surface area contributed by atoms with Gasteiger partial charge < -0.3 is 0 Å². The van der Waals surface area contributed by atoms with Crippen molar-refractivity contribution in [3.05, 3.63) is 10.7 Å². The number of thiazole rings is 1. The van der Waals surface area contributed by atoms with Crippen LogP contribution >= 0.6 is 34.5 Å². The summed E-state index contributed by atoms with van der Waals surface area (Å²) in [5, 5.41) is 0.621. The van der Waals surface area contributed by atoms with E-state index in [1.165, 1.54) is 0 Å². The van der Waals surface area contributed by atoms with Crippen LogP contribution in [0, 0.1) is 19.8 Å². The van der Waals surface area contributed by atoms with Crippen LogP contribution in [0.1, 0.15) is 17.1 Å². The molecule has 2 rings (SSSR count). The first-order valence-corrected chi connectivity index (χ1v) is 8.07. The topological polar surface area (TPSA) is 76.1 Å². The third-order valence-corrected chi connectivity index (χ3v) is 6.35. The third-order valence-electron chi connectivity index (χ3n) is 2.48. The van der Waals surface area contributed by atoms with Crippen molar-refractivity contribution in [2.45, 2.75) is 28.8 Å². The first kappa shape index (κ1) is 14.0. The molecule has 1 N–H and O–H groups in total. The van der Waals surface area contributed by atoms with Gasteiger partial charge in [-0.05, 0) is 20.3 Å². The molecule has 1 fully saturated rings. The number of sulfonamides is 1. The average molecular weight is 329 g/mol. The molecule has 0 aliphatic heterocycles. The highest BCUT2D eigenvalue weighted by Crippen LogP contribution is 2.53. The molecule has 0 aromatic carbocycles. The van der Waals surface area contributed by atoms with E-state index in [1.807, 2.05) is 4.72 Å². The number of rotatable bonds is 3. The van der Waals surface area contributed by atoms with Gasteiger partial charge in [-0.25, -0.2) is 18.1 Å². The molecule has 1 aromatic heterocycles. The molecule has 0 saturated heterocycles. The van der Waals surface area contributed by atoms with Crippen LogP contribution in [-0.2, 0) is 14.8 Å². The molecule has 0 unspecified atom stereocenters. The van der Waals surface area contributed by atoms with Gasteiger partial charge in [0.1, 0.15) is 4.33 Å². The number of alkyl halides is 2. The summed E-state index contributed by atoms with van der Waals surface area (Å²) in [6.45, 7) is 3.27. The molecular weight excluding hydrogens is 319 g/mol. The number of nitrogens with zero attached hydrogens (tertiary/aromatic N) is 1. The van der Waals surface area contributed by atoms with E-state index in [0.29, 0.717) is 10.7 Å². The molecule has 0 spiro atoms. The quantitative estimate of drug-likeness (QED) is 0.858. The van der Waals surface area contributed by atoms with Crippen molar-refractivity contribution in [3.8, 4) is 0 Å². The first-order chi connectivity index (χ1) is 8.13. The Hall–Kier alpha value is -0.370. The predicted octanol–water partition coefficient (Wildman–Crippen LogP) is 1.76. The Morgan fingerprint density at radius 2 is 2.06 bits per heavy atom. The smallest absolute Gasteiger partial charge is 0.274 e. The van der Waals surface area contributed by atoms with Gasteiger partial charge in [0, 0.05) is 0 Å². The summed E-state index contributed by atoms with van der Waals surface area (Å²) in [6, 6.07) is 0. The summed E-state index contributed by atoms with van der Waals surface area (Å²) in [4.78, 5) is 15.7. The fourth-order valence-corrected chi connectivity index (χ4v) is 4.52. The molecule has 1 aromatic rings. The van der Waals surface area contributed by atoms with E-state index in [0.717, 1.165) is 11.3 Å². The van der Waals surface area contributed by atoms with Crippen LogP contribution in [-0.4, -0.2) is 23.6 Å². The fraction of sp³-hybridized carbons (Fsp3) is 0.556. The number of carbonyl (C=O) groups excluding carboxylic acids is 1. The average Bonchev–Trinajstić information content (AvgIpc) is 2.68. The van der Waals surface area contributed by atoms with E-state index in [2.05, 4.69) is 4.98 Å². The SMILES string of the molecule is Cc1nc(C)c(S(=O)(=O)NC(=O)[C@H]2CC2(Cl)Cl)s1. The highest BCUT2D eigenvalue weighted by molar-refractivity contribution is 7.92. The Labute approximate surface area is 119 Å². The Morgan fingerprint density at radius 3 is 2.44 bits per heavy atom. The molecule has 1 aliphatic carbocycles. The third kappa shape index (κ3) is 2.64. The van der Waals surface area contributed by atoms with Gasteiger partial charge in [-0.3, -0.25) is 4.79 Å². The van der Waals surface area contributed by atoms with Crippen molar-refractivity contribution in [2.24, 2.45) is 5.92 Å². The molecule has 9 heteroatoms.